The molecule has 0 saturated carbocycles. The molecule has 0 atom stereocenters. The summed E-state index contributed by atoms with van der Waals surface area (Å²) in [4.78, 5) is 39.4. The first kappa shape index (κ1) is 17.5. The Balaban J connectivity index is 1.91. The Hall–Kier alpha value is -3.28. The molecule has 6 heteroatoms. The first-order chi connectivity index (χ1) is 12.4. The van der Waals surface area contributed by atoms with Crippen LogP contribution in [0.4, 0.5) is 4.39 Å². The van der Waals surface area contributed by atoms with Crippen LogP contribution in [0.15, 0.2) is 55.1 Å². The SMILES string of the molecule is C=CCN(Cc1ccccc1F)C(=O)c1ccc2c(c1)C(=O)N(C)C2=O. The second-order valence-corrected chi connectivity index (χ2v) is 6.00. The molecule has 1 aliphatic heterocycles. The number of carbonyl (C=O) groups is 3. The number of hydrogen-bond acceptors (Lipinski definition) is 3. The van der Waals surface area contributed by atoms with Gasteiger partial charge < -0.3 is 4.90 Å². The van der Waals surface area contributed by atoms with Gasteiger partial charge in [-0.15, -0.1) is 6.58 Å². The van der Waals surface area contributed by atoms with Crippen molar-refractivity contribution in [3.63, 3.8) is 0 Å². The summed E-state index contributed by atoms with van der Waals surface area (Å²) in [5, 5.41) is 0. The number of benzene rings is 2. The quantitative estimate of drug-likeness (QED) is 0.614. The van der Waals surface area contributed by atoms with Crippen molar-refractivity contribution in [3.05, 3.63) is 83.2 Å². The van der Waals surface area contributed by atoms with Gasteiger partial charge in [-0.2, -0.15) is 0 Å². The Labute approximate surface area is 150 Å². The maximum absolute atomic E-state index is 13.9. The van der Waals surface area contributed by atoms with Crippen LogP contribution in [0.2, 0.25) is 0 Å². The minimum atomic E-state index is -0.441. The summed E-state index contributed by atoms with van der Waals surface area (Å²) < 4.78 is 13.9. The minimum Gasteiger partial charge on any atom is -0.331 e. The van der Waals surface area contributed by atoms with Gasteiger partial charge in [0, 0.05) is 31.3 Å². The number of rotatable bonds is 5. The van der Waals surface area contributed by atoms with E-state index in [0.717, 1.165) is 4.90 Å². The monoisotopic (exact) mass is 352 g/mol. The largest absolute Gasteiger partial charge is 0.331 e. The molecule has 0 spiro atoms. The van der Waals surface area contributed by atoms with Crippen LogP contribution in [-0.4, -0.2) is 41.1 Å². The standard InChI is InChI=1S/C20H17FN2O3/c1-3-10-23(12-14-6-4-5-7-17(14)21)18(24)13-8-9-15-16(11-13)20(26)22(2)19(15)25/h3-9,11H,1,10,12H2,2H3. The first-order valence-electron chi connectivity index (χ1n) is 8.04. The zero-order valence-corrected chi connectivity index (χ0v) is 14.2. The highest BCUT2D eigenvalue weighted by Crippen LogP contribution is 2.24. The summed E-state index contributed by atoms with van der Waals surface area (Å²) in [5.41, 5.74) is 1.12. The van der Waals surface area contributed by atoms with Crippen LogP contribution in [0, 0.1) is 5.82 Å². The van der Waals surface area contributed by atoms with Crippen LogP contribution in [-0.2, 0) is 6.54 Å². The number of carbonyl (C=O) groups excluding carboxylic acids is 3. The van der Waals surface area contributed by atoms with Gasteiger partial charge in [-0.25, -0.2) is 4.39 Å². The van der Waals surface area contributed by atoms with E-state index >= 15 is 0 Å². The molecule has 2 aromatic rings. The number of imide groups is 1. The van der Waals surface area contributed by atoms with E-state index in [4.69, 9.17) is 0 Å². The zero-order valence-electron chi connectivity index (χ0n) is 14.2. The van der Waals surface area contributed by atoms with Gasteiger partial charge in [0.05, 0.1) is 11.1 Å². The third-order valence-corrected chi connectivity index (χ3v) is 4.29. The van der Waals surface area contributed by atoms with Crippen molar-refractivity contribution in [2.75, 3.05) is 13.6 Å². The molecule has 0 aliphatic carbocycles. The van der Waals surface area contributed by atoms with Gasteiger partial charge in [0.1, 0.15) is 5.82 Å². The lowest BCUT2D eigenvalue weighted by Gasteiger charge is -2.22. The predicted molar refractivity (Wildman–Crippen MR) is 94.2 cm³/mol. The molecule has 0 N–H and O–H groups in total. The molecular formula is C20H17FN2O3. The van der Waals surface area contributed by atoms with Crippen LogP contribution in [0.5, 0.6) is 0 Å². The van der Waals surface area contributed by atoms with E-state index in [0.29, 0.717) is 5.56 Å². The highest BCUT2D eigenvalue weighted by Gasteiger charge is 2.33. The van der Waals surface area contributed by atoms with Crippen molar-refractivity contribution in [2.45, 2.75) is 6.54 Å². The van der Waals surface area contributed by atoms with E-state index in [-0.39, 0.29) is 35.7 Å². The zero-order chi connectivity index (χ0) is 18.8. The summed E-state index contributed by atoms with van der Waals surface area (Å²) in [6, 6.07) is 10.6. The van der Waals surface area contributed by atoms with Crippen molar-refractivity contribution < 1.29 is 18.8 Å². The Morgan fingerprint density at radius 1 is 1.15 bits per heavy atom. The van der Waals surface area contributed by atoms with Crippen LogP contribution < -0.4 is 0 Å². The van der Waals surface area contributed by atoms with Gasteiger partial charge >= 0.3 is 0 Å². The second-order valence-electron chi connectivity index (χ2n) is 6.00. The van der Waals surface area contributed by atoms with E-state index in [1.54, 1.807) is 24.3 Å². The van der Waals surface area contributed by atoms with Gasteiger partial charge in [-0.3, -0.25) is 19.3 Å². The summed E-state index contributed by atoms with van der Waals surface area (Å²) in [6.07, 6.45) is 1.55. The maximum Gasteiger partial charge on any atom is 0.261 e. The van der Waals surface area contributed by atoms with E-state index in [1.165, 1.54) is 36.2 Å². The fourth-order valence-electron chi connectivity index (χ4n) is 2.88. The molecule has 132 valence electrons. The normalized spacial score (nSPS) is 12.9. The minimum absolute atomic E-state index is 0.0708. The van der Waals surface area contributed by atoms with Crippen LogP contribution >= 0.6 is 0 Å². The van der Waals surface area contributed by atoms with Crippen molar-refractivity contribution in [1.29, 1.82) is 0 Å². The van der Waals surface area contributed by atoms with Crippen LogP contribution in [0.1, 0.15) is 36.6 Å². The second kappa shape index (κ2) is 6.92. The van der Waals surface area contributed by atoms with Gasteiger partial charge in [0.25, 0.3) is 17.7 Å². The van der Waals surface area contributed by atoms with Gasteiger partial charge in [-0.1, -0.05) is 24.3 Å². The maximum atomic E-state index is 13.9. The summed E-state index contributed by atoms with van der Waals surface area (Å²) in [7, 11) is 1.40. The fourth-order valence-corrected chi connectivity index (χ4v) is 2.88. The summed E-state index contributed by atoms with van der Waals surface area (Å²) in [5.74, 6) is -1.60. The fraction of sp³-hybridized carbons (Fsp3) is 0.150. The average molecular weight is 352 g/mol. The van der Waals surface area contributed by atoms with Crippen molar-refractivity contribution in [2.24, 2.45) is 0 Å². The van der Waals surface area contributed by atoms with Gasteiger partial charge in [0.2, 0.25) is 0 Å². The number of fused-ring (bicyclic) bond motifs is 1. The van der Waals surface area contributed by atoms with E-state index in [9.17, 15) is 18.8 Å². The van der Waals surface area contributed by atoms with Crippen molar-refractivity contribution in [1.82, 2.24) is 9.80 Å². The number of halogens is 1. The molecule has 0 aromatic heterocycles. The predicted octanol–water partition coefficient (Wildman–Crippen LogP) is 2.88. The molecule has 1 aliphatic rings. The molecule has 5 nitrogen and oxygen atoms in total. The average Bonchev–Trinajstić information content (AvgIpc) is 2.86. The molecule has 3 rings (SSSR count). The Kier molecular flexibility index (Phi) is 4.67. The lowest BCUT2D eigenvalue weighted by molar-refractivity contribution is 0.0692. The highest BCUT2D eigenvalue weighted by molar-refractivity contribution is 6.21. The lowest BCUT2D eigenvalue weighted by Crippen LogP contribution is -2.31. The Morgan fingerprint density at radius 3 is 2.54 bits per heavy atom. The van der Waals surface area contributed by atoms with Crippen LogP contribution in [0.3, 0.4) is 0 Å². The lowest BCUT2D eigenvalue weighted by atomic mass is 10.0. The molecule has 0 saturated heterocycles. The van der Waals surface area contributed by atoms with Crippen molar-refractivity contribution in [3.8, 4) is 0 Å². The molecule has 1 heterocycles. The topological polar surface area (TPSA) is 57.7 Å². The molecule has 0 unspecified atom stereocenters. The smallest absolute Gasteiger partial charge is 0.261 e. The van der Waals surface area contributed by atoms with E-state index in [1.807, 2.05) is 0 Å². The summed E-state index contributed by atoms with van der Waals surface area (Å²) >= 11 is 0. The third-order valence-electron chi connectivity index (χ3n) is 4.29. The van der Waals surface area contributed by atoms with E-state index in [2.05, 4.69) is 6.58 Å². The first-order valence-corrected chi connectivity index (χ1v) is 8.04. The van der Waals surface area contributed by atoms with Crippen molar-refractivity contribution >= 4 is 17.7 Å². The molecule has 26 heavy (non-hydrogen) atoms. The third kappa shape index (κ3) is 3.01. The molecular weight excluding hydrogens is 335 g/mol. The number of hydrogen-bond donors (Lipinski definition) is 0. The molecule has 0 fully saturated rings. The Bertz CT molecular complexity index is 923. The van der Waals surface area contributed by atoms with Crippen LogP contribution in [0.25, 0.3) is 0 Å². The molecule has 0 radical (unpaired) electrons. The number of nitrogens with zero attached hydrogens (tertiary/aromatic N) is 2. The van der Waals surface area contributed by atoms with E-state index < -0.39 is 17.6 Å². The molecule has 0 bridgehead atoms. The van der Waals surface area contributed by atoms with Gasteiger partial charge in [0.15, 0.2) is 0 Å². The molecule has 2 aromatic carbocycles. The number of amides is 3. The summed E-state index contributed by atoms with van der Waals surface area (Å²) in [6.45, 7) is 3.93. The Morgan fingerprint density at radius 2 is 1.85 bits per heavy atom. The highest BCUT2D eigenvalue weighted by atomic mass is 19.1. The molecule has 3 amide bonds. The van der Waals surface area contributed by atoms with Gasteiger partial charge in [-0.05, 0) is 24.3 Å².